The molecule has 0 saturated heterocycles. The van der Waals surface area contributed by atoms with Crippen LogP contribution >= 0.6 is 35.6 Å². The third kappa shape index (κ3) is 4.00. The van der Waals surface area contributed by atoms with Gasteiger partial charge in [-0.25, -0.2) is 0 Å². The average Bonchev–Trinajstić information content (AvgIpc) is 2.12. The Hall–Kier alpha value is -0.190. The van der Waals surface area contributed by atoms with E-state index in [0.717, 1.165) is 6.42 Å². The van der Waals surface area contributed by atoms with Crippen molar-refractivity contribution in [3.05, 3.63) is 27.7 Å². The van der Waals surface area contributed by atoms with Crippen LogP contribution in [0.2, 0.25) is 10.0 Å². The van der Waals surface area contributed by atoms with Gasteiger partial charge in [0.1, 0.15) is 5.75 Å². The van der Waals surface area contributed by atoms with Crippen LogP contribution in [0.1, 0.15) is 24.4 Å². The SMILES string of the molecule is Cl.NCCC[C@H](N)c1c(O)cc(Cl)cc1Cl. The van der Waals surface area contributed by atoms with Gasteiger partial charge in [0.15, 0.2) is 0 Å². The summed E-state index contributed by atoms with van der Waals surface area (Å²) in [5, 5.41) is 10.5. The number of halogens is 3. The normalized spacial score (nSPS) is 12.0. The lowest BCUT2D eigenvalue weighted by Crippen LogP contribution is -2.13. The second-order valence-corrected chi connectivity index (χ2v) is 4.20. The molecule has 0 amide bonds. The number of phenolic OH excluding ortho intramolecular Hbond substituents is 1. The fourth-order valence-electron chi connectivity index (χ4n) is 1.42. The van der Waals surface area contributed by atoms with E-state index >= 15 is 0 Å². The Morgan fingerprint density at radius 1 is 1.31 bits per heavy atom. The molecule has 5 N–H and O–H groups in total. The van der Waals surface area contributed by atoms with Crippen molar-refractivity contribution in [1.29, 1.82) is 0 Å². The molecule has 0 heterocycles. The molecule has 1 rings (SSSR count). The molecule has 0 saturated carbocycles. The smallest absolute Gasteiger partial charge is 0.123 e. The first-order valence-electron chi connectivity index (χ1n) is 4.69. The van der Waals surface area contributed by atoms with Crippen LogP contribution in [0, 0.1) is 0 Å². The monoisotopic (exact) mass is 284 g/mol. The van der Waals surface area contributed by atoms with Crippen LogP contribution in [0.4, 0.5) is 0 Å². The van der Waals surface area contributed by atoms with Gasteiger partial charge in [-0.05, 0) is 31.5 Å². The van der Waals surface area contributed by atoms with Crippen molar-refractivity contribution in [2.45, 2.75) is 18.9 Å². The Kier molecular flexibility index (Phi) is 7.11. The number of hydrogen-bond donors (Lipinski definition) is 3. The highest BCUT2D eigenvalue weighted by atomic mass is 35.5. The first-order chi connectivity index (χ1) is 7.06. The van der Waals surface area contributed by atoms with E-state index in [2.05, 4.69) is 0 Å². The third-order valence-corrected chi connectivity index (χ3v) is 2.69. The molecule has 6 heteroatoms. The summed E-state index contributed by atoms with van der Waals surface area (Å²) in [4.78, 5) is 0. The predicted octanol–water partition coefficient (Wildman–Crippen LogP) is 2.86. The van der Waals surface area contributed by atoms with Gasteiger partial charge < -0.3 is 16.6 Å². The molecule has 92 valence electrons. The lowest BCUT2D eigenvalue weighted by molar-refractivity contribution is 0.457. The maximum absolute atomic E-state index is 9.66. The molecule has 0 radical (unpaired) electrons. The van der Waals surface area contributed by atoms with E-state index in [9.17, 15) is 5.11 Å². The Morgan fingerprint density at radius 3 is 2.44 bits per heavy atom. The first-order valence-corrected chi connectivity index (χ1v) is 5.45. The van der Waals surface area contributed by atoms with Crippen LogP contribution in [0.3, 0.4) is 0 Å². The van der Waals surface area contributed by atoms with Gasteiger partial charge >= 0.3 is 0 Å². The van der Waals surface area contributed by atoms with Gasteiger partial charge in [0, 0.05) is 16.6 Å². The fourth-order valence-corrected chi connectivity index (χ4v) is 2.04. The Balaban J connectivity index is 0.00000225. The highest BCUT2D eigenvalue weighted by Gasteiger charge is 2.15. The summed E-state index contributed by atoms with van der Waals surface area (Å²) in [6.07, 6.45) is 1.48. The van der Waals surface area contributed by atoms with E-state index in [0.29, 0.717) is 28.6 Å². The van der Waals surface area contributed by atoms with Crippen LogP contribution in [-0.4, -0.2) is 11.7 Å². The molecule has 0 aliphatic rings. The Bertz CT molecular complexity index is 324. The minimum absolute atomic E-state index is 0. The zero-order valence-electron chi connectivity index (χ0n) is 8.62. The minimum Gasteiger partial charge on any atom is -0.508 e. The molecular weight excluding hydrogens is 270 g/mol. The second-order valence-electron chi connectivity index (χ2n) is 3.36. The van der Waals surface area contributed by atoms with Crippen molar-refractivity contribution in [2.75, 3.05) is 6.54 Å². The van der Waals surface area contributed by atoms with Crippen molar-refractivity contribution in [3.8, 4) is 5.75 Å². The highest BCUT2D eigenvalue weighted by molar-refractivity contribution is 6.35. The molecule has 0 aromatic heterocycles. The first kappa shape index (κ1) is 15.8. The quantitative estimate of drug-likeness (QED) is 0.796. The zero-order valence-corrected chi connectivity index (χ0v) is 10.9. The number of nitrogens with two attached hydrogens (primary N) is 2. The average molecular weight is 286 g/mol. The molecule has 0 spiro atoms. The standard InChI is InChI=1S/C10H14Cl2N2O.ClH/c11-6-4-7(12)10(9(15)5-6)8(14)2-1-3-13;/h4-5,8,15H,1-3,13-14H2;1H/t8-;/m0./s1. The lowest BCUT2D eigenvalue weighted by atomic mass is 10.0. The van der Waals surface area contributed by atoms with Crippen molar-refractivity contribution in [2.24, 2.45) is 11.5 Å². The summed E-state index contributed by atoms with van der Waals surface area (Å²) in [7, 11) is 0. The van der Waals surface area contributed by atoms with E-state index in [1.54, 1.807) is 6.07 Å². The summed E-state index contributed by atoms with van der Waals surface area (Å²) in [5.41, 5.74) is 11.8. The van der Waals surface area contributed by atoms with E-state index in [4.69, 9.17) is 34.7 Å². The Labute approximate surface area is 111 Å². The van der Waals surface area contributed by atoms with Gasteiger partial charge in [-0.1, -0.05) is 23.2 Å². The zero-order chi connectivity index (χ0) is 11.4. The molecule has 0 aliphatic heterocycles. The fraction of sp³-hybridized carbons (Fsp3) is 0.400. The second kappa shape index (κ2) is 7.20. The summed E-state index contributed by atoms with van der Waals surface area (Å²) in [6.45, 7) is 0.569. The molecule has 0 aliphatic carbocycles. The van der Waals surface area contributed by atoms with E-state index in [-0.39, 0.29) is 24.2 Å². The van der Waals surface area contributed by atoms with Crippen molar-refractivity contribution >= 4 is 35.6 Å². The van der Waals surface area contributed by atoms with Gasteiger partial charge in [-0.3, -0.25) is 0 Å². The van der Waals surface area contributed by atoms with Crippen LogP contribution < -0.4 is 11.5 Å². The van der Waals surface area contributed by atoms with Crippen LogP contribution in [0.25, 0.3) is 0 Å². The molecule has 3 nitrogen and oxygen atoms in total. The Morgan fingerprint density at radius 2 is 1.94 bits per heavy atom. The largest absolute Gasteiger partial charge is 0.508 e. The van der Waals surface area contributed by atoms with Gasteiger partial charge in [0.2, 0.25) is 0 Å². The lowest BCUT2D eigenvalue weighted by Gasteiger charge is -2.15. The predicted molar refractivity (Wildman–Crippen MR) is 70.6 cm³/mol. The highest BCUT2D eigenvalue weighted by Crippen LogP contribution is 2.35. The van der Waals surface area contributed by atoms with E-state index < -0.39 is 0 Å². The van der Waals surface area contributed by atoms with Gasteiger partial charge in [-0.2, -0.15) is 0 Å². The molecule has 1 aromatic carbocycles. The molecule has 0 fully saturated rings. The summed E-state index contributed by atoms with van der Waals surface area (Å²) in [5.74, 6) is 0.0389. The maximum atomic E-state index is 9.66. The van der Waals surface area contributed by atoms with Gasteiger partial charge in [0.05, 0.1) is 5.02 Å². The number of phenols is 1. The van der Waals surface area contributed by atoms with E-state index in [1.165, 1.54) is 6.07 Å². The molecule has 0 unspecified atom stereocenters. The van der Waals surface area contributed by atoms with Crippen molar-refractivity contribution in [3.63, 3.8) is 0 Å². The molecule has 0 bridgehead atoms. The van der Waals surface area contributed by atoms with Gasteiger partial charge in [-0.15, -0.1) is 12.4 Å². The van der Waals surface area contributed by atoms with E-state index in [1.807, 2.05) is 0 Å². The molecule has 16 heavy (non-hydrogen) atoms. The summed E-state index contributed by atoms with van der Waals surface area (Å²) >= 11 is 11.7. The third-order valence-electron chi connectivity index (χ3n) is 2.16. The molecule has 1 aromatic rings. The molecule has 1 atom stereocenters. The van der Waals surface area contributed by atoms with Gasteiger partial charge in [0.25, 0.3) is 0 Å². The number of hydrogen-bond acceptors (Lipinski definition) is 3. The summed E-state index contributed by atoms with van der Waals surface area (Å²) < 4.78 is 0. The van der Waals surface area contributed by atoms with Crippen LogP contribution in [-0.2, 0) is 0 Å². The van der Waals surface area contributed by atoms with Crippen molar-refractivity contribution in [1.82, 2.24) is 0 Å². The minimum atomic E-state index is -0.307. The summed E-state index contributed by atoms with van der Waals surface area (Å²) in [6, 6.07) is 2.70. The van der Waals surface area contributed by atoms with Crippen LogP contribution in [0.5, 0.6) is 5.75 Å². The molecular formula is C10H15Cl3N2O. The number of aromatic hydroxyl groups is 1. The number of rotatable bonds is 4. The van der Waals surface area contributed by atoms with Crippen molar-refractivity contribution < 1.29 is 5.11 Å². The topological polar surface area (TPSA) is 72.3 Å². The maximum Gasteiger partial charge on any atom is 0.123 e. The van der Waals surface area contributed by atoms with Crippen LogP contribution in [0.15, 0.2) is 12.1 Å². The number of benzene rings is 1.